The van der Waals surface area contributed by atoms with E-state index < -0.39 is 17.6 Å². The van der Waals surface area contributed by atoms with Crippen LogP contribution in [-0.4, -0.2) is 34.8 Å². The summed E-state index contributed by atoms with van der Waals surface area (Å²) in [4.78, 5) is 32.5. The van der Waals surface area contributed by atoms with Crippen molar-refractivity contribution in [2.24, 2.45) is 0 Å². The highest BCUT2D eigenvalue weighted by atomic mass is 32.1. The molecule has 2 amide bonds. The summed E-state index contributed by atoms with van der Waals surface area (Å²) in [5.41, 5.74) is 1.07. The van der Waals surface area contributed by atoms with E-state index in [1.807, 2.05) is 0 Å². The highest BCUT2D eigenvalue weighted by Crippen LogP contribution is 2.33. The van der Waals surface area contributed by atoms with Crippen molar-refractivity contribution >= 4 is 28.8 Å². The van der Waals surface area contributed by atoms with Crippen LogP contribution in [0.4, 0.5) is 18.9 Å². The summed E-state index contributed by atoms with van der Waals surface area (Å²) in [6, 6.07) is 11.6. The van der Waals surface area contributed by atoms with Gasteiger partial charge in [0.05, 0.1) is 22.5 Å². The maximum atomic E-state index is 13.0. The number of alkyl halides is 3. The number of carbonyl (C=O) groups excluding carboxylic acids is 2. The van der Waals surface area contributed by atoms with Crippen LogP contribution in [-0.2, 0) is 6.18 Å². The minimum Gasteiger partial charge on any atom is -0.339 e. The fraction of sp³-hybridized carbons (Fsp3) is 0.292. The molecule has 0 unspecified atom stereocenters. The lowest BCUT2D eigenvalue weighted by atomic mass is 10.1. The number of piperidine rings is 1. The lowest BCUT2D eigenvalue weighted by Crippen LogP contribution is -2.36. The van der Waals surface area contributed by atoms with Crippen molar-refractivity contribution < 1.29 is 22.8 Å². The molecule has 0 atom stereocenters. The van der Waals surface area contributed by atoms with Crippen molar-refractivity contribution in [2.45, 2.75) is 32.4 Å². The smallest absolute Gasteiger partial charge is 0.339 e. The minimum absolute atomic E-state index is 0.114. The minimum atomic E-state index is -4.42. The van der Waals surface area contributed by atoms with Crippen molar-refractivity contribution in [1.82, 2.24) is 9.88 Å². The number of nitrogens with one attached hydrogen (secondary N) is 1. The molecule has 0 saturated carbocycles. The van der Waals surface area contributed by atoms with Gasteiger partial charge in [0.25, 0.3) is 11.8 Å². The predicted octanol–water partition coefficient (Wildman–Crippen LogP) is 6.02. The largest absolute Gasteiger partial charge is 0.416 e. The number of para-hydroxylation sites is 1. The summed E-state index contributed by atoms with van der Waals surface area (Å²) in [5.74, 6) is -0.529. The van der Waals surface area contributed by atoms with Gasteiger partial charge in [-0.05, 0) is 50.5 Å². The third-order valence-corrected chi connectivity index (χ3v) is 6.72. The highest BCUT2D eigenvalue weighted by molar-refractivity contribution is 7.17. The monoisotopic (exact) mass is 473 g/mol. The first kappa shape index (κ1) is 23.0. The summed E-state index contributed by atoms with van der Waals surface area (Å²) >= 11 is 1.10. The van der Waals surface area contributed by atoms with Crippen molar-refractivity contribution in [3.05, 3.63) is 70.2 Å². The van der Waals surface area contributed by atoms with Gasteiger partial charge < -0.3 is 10.2 Å². The molecule has 3 aromatic rings. The number of halogens is 3. The molecule has 1 N–H and O–H groups in total. The zero-order chi connectivity index (χ0) is 23.6. The molecule has 1 saturated heterocycles. The van der Waals surface area contributed by atoms with E-state index in [0.717, 1.165) is 42.7 Å². The highest BCUT2D eigenvalue weighted by Gasteiger charge is 2.30. The van der Waals surface area contributed by atoms with Crippen LogP contribution in [0.25, 0.3) is 10.6 Å². The number of nitrogens with zero attached hydrogens (tertiary/aromatic N) is 2. The van der Waals surface area contributed by atoms with Gasteiger partial charge in [0, 0.05) is 18.7 Å². The number of hydrogen-bond acceptors (Lipinski definition) is 4. The van der Waals surface area contributed by atoms with Gasteiger partial charge in [-0.15, -0.1) is 11.3 Å². The van der Waals surface area contributed by atoms with Gasteiger partial charge in [0.1, 0.15) is 9.88 Å². The summed E-state index contributed by atoms with van der Waals surface area (Å²) in [6.45, 7) is 3.07. The second-order valence-electron chi connectivity index (χ2n) is 7.86. The fourth-order valence-electron chi connectivity index (χ4n) is 3.76. The SMILES string of the molecule is Cc1nc(-c2ccc(C(F)(F)F)cc2)sc1C(=O)Nc1ccccc1C(=O)N1CCCCC1. The number of aryl methyl sites for hydroxylation is 1. The van der Waals surface area contributed by atoms with Gasteiger partial charge in [-0.1, -0.05) is 24.3 Å². The topological polar surface area (TPSA) is 62.3 Å². The lowest BCUT2D eigenvalue weighted by molar-refractivity contribution is -0.137. The van der Waals surface area contributed by atoms with Crippen molar-refractivity contribution in [1.29, 1.82) is 0 Å². The normalized spacial score (nSPS) is 14.2. The van der Waals surface area contributed by atoms with E-state index >= 15 is 0 Å². The molecule has 0 aliphatic carbocycles. The van der Waals surface area contributed by atoms with E-state index in [1.165, 1.54) is 12.1 Å². The molecule has 0 spiro atoms. The summed E-state index contributed by atoms with van der Waals surface area (Å²) in [7, 11) is 0. The Kier molecular flexibility index (Phi) is 6.51. The molecule has 1 aromatic heterocycles. The van der Waals surface area contributed by atoms with Crippen LogP contribution < -0.4 is 5.32 Å². The van der Waals surface area contributed by atoms with Crippen molar-refractivity contribution in [3.8, 4) is 10.6 Å². The maximum Gasteiger partial charge on any atom is 0.416 e. The van der Waals surface area contributed by atoms with E-state index in [0.29, 0.717) is 45.5 Å². The molecule has 1 fully saturated rings. The molecule has 33 heavy (non-hydrogen) atoms. The molecule has 2 aromatic carbocycles. The first-order chi connectivity index (χ1) is 15.7. The van der Waals surface area contributed by atoms with Crippen LogP contribution >= 0.6 is 11.3 Å². The fourth-order valence-corrected chi connectivity index (χ4v) is 4.72. The van der Waals surface area contributed by atoms with Crippen LogP contribution in [0.2, 0.25) is 0 Å². The van der Waals surface area contributed by atoms with Crippen LogP contribution in [0.1, 0.15) is 50.5 Å². The second-order valence-corrected chi connectivity index (χ2v) is 8.86. The third-order valence-electron chi connectivity index (χ3n) is 5.51. The Morgan fingerprint density at radius 2 is 1.67 bits per heavy atom. The van der Waals surface area contributed by atoms with Crippen molar-refractivity contribution in [2.75, 3.05) is 18.4 Å². The van der Waals surface area contributed by atoms with E-state index in [-0.39, 0.29) is 5.91 Å². The molecule has 1 aliphatic heterocycles. The standard InChI is InChI=1S/C24H22F3N3O2S/c1-15-20(33-22(28-15)16-9-11-17(12-10-16)24(25,26)27)21(31)29-19-8-4-3-7-18(19)23(32)30-13-5-2-6-14-30/h3-4,7-12H,2,5-6,13-14H2,1H3,(H,29,31). The van der Waals surface area contributed by atoms with Crippen LogP contribution in [0.3, 0.4) is 0 Å². The Hall–Kier alpha value is -3.20. The number of hydrogen-bond donors (Lipinski definition) is 1. The van der Waals surface area contributed by atoms with Gasteiger partial charge in [-0.25, -0.2) is 4.98 Å². The Labute approximate surface area is 193 Å². The van der Waals surface area contributed by atoms with E-state index in [9.17, 15) is 22.8 Å². The number of amides is 2. The zero-order valence-corrected chi connectivity index (χ0v) is 18.7. The maximum absolute atomic E-state index is 13.0. The van der Waals surface area contributed by atoms with Crippen molar-refractivity contribution in [3.63, 3.8) is 0 Å². The number of carbonyl (C=O) groups is 2. The van der Waals surface area contributed by atoms with Gasteiger partial charge in [-0.3, -0.25) is 9.59 Å². The third kappa shape index (κ3) is 5.08. The number of aromatic nitrogens is 1. The summed E-state index contributed by atoms with van der Waals surface area (Å²) in [6.07, 6.45) is -1.38. The van der Waals surface area contributed by atoms with E-state index in [4.69, 9.17) is 0 Å². The van der Waals surface area contributed by atoms with Gasteiger partial charge in [0.15, 0.2) is 0 Å². The Bertz CT molecular complexity index is 1170. The predicted molar refractivity (Wildman–Crippen MR) is 121 cm³/mol. The Morgan fingerprint density at radius 3 is 2.33 bits per heavy atom. The molecular formula is C24H22F3N3O2S. The molecule has 1 aliphatic rings. The number of thiazole rings is 1. The molecule has 2 heterocycles. The molecule has 0 bridgehead atoms. The number of rotatable bonds is 4. The first-order valence-electron chi connectivity index (χ1n) is 10.6. The Balaban J connectivity index is 1.54. The summed E-state index contributed by atoms with van der Waals surface area (Å²) < 4.78 is 38.5. The van der Waals surface area contributed by atoms with Crippen LogP contribution in [0, 0.1) is 6.92 Å². The molecule has 0 radical (unpaired) electrons. The molecule has 172 valence electrons. The number of likely N-dealkylation sites (tertiary alicyclic amines) is 1. The Morgan fingerprint density at radius 1 is 1.00 bits per heavy atom. The number of benzene rings is 2. The number of anilines is 1. The van der Waals surface area contributed by atoms with Crippen LogP contribution in [0.5, 0.6) is 0 Å². The van der Waals surface area contributed by atoms with E-state index in [2.05, 4.69) is 10.3 Å². The van der Waals surface area contributed by atoms with Gasteiger partial charge in [0.2, 0.25) is 0 Å². The quantitative estimate of drug-likeness (QED) is 0.504. The molecule has 5 nitrogen and oxygen atoms in total. The molecular weight excluding hydrogens is 451 g/mol. The first-order valence-corrected chi connectivity index (χ1v) is 11.4. The van der Waals surface area contributed by atoms with Gasteiger partial charge in [-0.2, -0.15) is 13.2 Å². The average molecular weight is 474 g/mol. The van der Waals surface area contributed by atoms with Crippen LogP contribution in [0.15, 0.2) is 48.5 Å². The lowest BCUT2D eigenvalue weighted by Gasteiger charge is -2.27. The average Bonchev–Trinajstić information content (AvgIpc) is 3.21. The zero-order valence-electron chi connectivity index (χ0n) is 17.9. The van der Waals surface area contributed by atoms with E-state index in [1.54, 1.807) is 36.1 Å². The second kappa shape index (κ2) is 9.35. The molecule has 4 rings (SSSR count). The summed E-state index contributed by atoms with van der Waals surface area (Å²) in [5, 5.41) is 3.26. The van der Waals surface area contributed by atoms with Gasteiger partial charge >= 0.3 is 6.18 Å². The molecule has 9 heteroatoms.